The van der Waals surface area contributed by atoms with E-state index in [0.717, 1.165) is 17.7 Å². The van der Waals surface area contributed by atoms with Crippen molar-refractivity contribution < 1.29 is 4.79 Å². The normalized spacial score (nSPS) is 24.9. The summed E-state index contributed by atoms with van der Waals surface area (Å²) in [6.45, 7) is 6.10. The van der Waals surface area contributed by atoms with Crippen LogP contribution in [0.3, 0.4) is 0 Å². The Morgan fingerprint density at radius 1 is 1.30 bits per heavy atom. The summed E-state index contributed by atoms with van der Waals surface area (Å²) in [5.41, 5.74) is 1.73. The van der Waals surface area contributed by atoms with Crippen LogP contribution in [-0.2, 0) is 4.79 Å². The minimum atomic E-state index is -0.236. The first kappa shape index (κ1) is 13.4. The molecule has 2 aliphatic heterocycles. The number of carbonyl (C=O) groups excluding carboxylic acids is 1. The van der Waals surface area contributed by atoms with E-state index in [1.165, 1.54) is 16.8 Å². The van der Waals surface area contributed by atoms with Crippen LogP contribution in [0.4, 0.5) is 0 Å². The van der Waals surface area contributed by atoms with Crippen molar-refractivity contribution in [3.8, 4) is 0 Å². The fraction of sp³-hybridized carbons (Fsp3) is 0.400. The summed E-state index contributed by atoms with van der Waals surface area (Å²) in [6.07, 6.45) is 0.775. The molecule has 1 amide bonds. The molecule has 0 unspecified atom stereocenters. The lowest BCUT2D eigenvalue weighted by Gasteiger charge is -2.17. The third-order valence-corrected chi connectivity index (χ3v) is 4.48. The number of fused-ring (bicyclic) bond motifs is 1. The molecule has 4 nitrogen and oxygen atoms in total. The van der Waals surface area contributed by atoms with E-state index < -0.39 is 0 Å². The Morgan fingerprint density at radius 3 is 2.70 bits per heavy atom. The predicted molar refractivity (Wildman–Crippen MR) is 82.9 cm³/mol. The molecule has 1 aromatic carbocycles. The van der Waals surface area contributed by atoms with Crippen molar-refractivity contribution >= 4 is 28.5 Å². The highest BCUT2D eigenvalue weighted by molar-refractivity contribution is 8.15. The van der Waals surface area contributed by atoms with E-state index in [-0.39, 0.29) is 16.7 Å². The van der Waals surface area contributed by atoms with Crippen LogP contribution in [0.1, 0.15) is 38.0 Å². The number of thioether (sulfide) groups is 1. The SMILES string of the molecule is CC1=NN2C(=O)[C@H](c3ccccc3)SC2=NC(C)(C)C1. The average Bonchev–Trinajstić information content (AvgIpc) is 2.61. The summed E-state index contributed by atoms with van der Waals surface area (Å²) in [4.78, 5) is 17.3. The maximum Gasteiger partial charge on any atom is 0.267 e. The van der Waals surface area contributed by atoms with E-state index in [0.29, 0.717) is 5.17 Å². The third kappa shape index (κ3) is 2.38. The quantitative estimate of drug-likeness (QED) is 0.796. The topological polar surface area (TPSA) is 45.0 Å². The van der Waals surface area contributed by atoms with Crippen LogP contribution in [0.25, 0.3) is 0 Å². The van der Waals surface area contributed by atoms with Gasteiger partial charge in [-0.1, -0.05) is 42.1 Å². The molecule has 1 aromatic rings. The summed E-state index contributed by atoms with van der Waals surface area (Å²) in [7, 11) is 0. The second-order valence-electron chi connectivity index (χ2n) is 5.78. The molecule has 0 aliphatic carbocycles. The number of hydrogen-bond acceptors (Lipinski definition) is 4. The van der Waals surface area contributed by atoms with Crippen LogP contribution in [0.15, 0.2) is 40.4 Å². The van der Waals surface area contributed by atoms with E-state index >= 15 is 0 Å². The van der Waals surface area contributed by atoms with Crippen LogP contribution < -0.4 is 0 Å². The molecule has 5 heteroatoms. The van der Waals surface area contributed by atoms with Gasteiger partial charge in [0.05, 0.1) is 5.54 Å². The predicted octanol–water partition coefficient (Wildman–Crippen LogP) is 3.22. The van der Waals surface area contributed by atoms with Gasteiger partial charge in [-0.2, -0.15) is 10.1 Å². The van der Waals surface area contributed by atoms with E-state index in [1.807, 2.05) is 37.3 Å². The second kappa shape index (κ2) is 4.74. The minimum absolute atomic E-state index is 0.00278. The Kier molecular flexibility index (Phi) is 3.17. The maximum absolute atomic E-state index is 12.6. The van der Waals surface area contributed by atoms with Crippen LogP contribution >= 0.6 is 11.8 Å². The molecule has 0 bridgehead atoms. The van der Waals surface area contributed by atoms with E-state index in [1.54, 1.807) is 0 Å². The summed E-state index contributed by atoms with van der Waals surface area (Å²) >= 11 is 1.49. The summed E-state index contributed by atoms with van der Waals surface area (Å²) < 4.78 is 0. The van der Waals surface area contributed by atoms with Crippen molar-refractivity contribution in [2.45, 2.75) is 38.0 Å². The molecular weight excluding hydrogens is 270 g/mol. The Balaban J connectivity index is 2.00. The lowest BCUT2D eigenvalue weighted by molar-refractivity contribution is -0.126. The number of amidine groups is 1. The molecule has 1 fully saturated rings. The van der Waals surface area contributed by atoms with Crippen molar-refractivity contribution in [3.63, 3.8) is 0 Å². The standard InChI is InChI=1S/C15H17N3OS/c1-10-9-15(2,3)16-14-18(17-10)13(19)12(20-14)11-7-5-4-6-8-11/h4-8,12H,9H2,1-3H3/t12-/m0/s1. The first-order valence-electron chi connectivity index (χ1n) is 6.66. The van der Waals surface area contributed by atoms with Crippen molar-refractivity contribution in [3.05, 3.63) is 35.9 Å². The monoisotopic (exact) mass is 287 g/mol. The Bertz CT molecular complexity index is 607. The first-order chi connectivity index (χ1) is 9.46. The Hall–Kier alpha value is -1.62. The zero-order chi connectivity index (χ0) is 14.3. The smallest absolute Gasteiger partial charge is 0.267 e. The summed E-state index contributed by atoms with van der Waals surface area (Å²) in [6, 6.07) is 9.81. The number of rotatable bonds is 1. The van der Waals surface area contributed by atoms with Gasteiger partial charge in [-0.15, -0.1) is 0 Å². The number of carbonyl (C=O) groups is 1. The van der Waals surface area contributed by atoms with Gasteiger partial charge in [-0.25, -0.2) is 0 Å². The Morgan fingerprint density at radius 2 is 2.00 bits per heavy atom. The molecule has 20 heavy (non-hydrogen) atoms. The molecule has 2 aliphatic rings. The van der Waals surface area contributed by atoms with Crippen molar-refractivity contribution in [2.24, 2.45) is 10.1 Å². The highest BCUT2D eigenvalue weighted by Crippen LogP contribution is 2.41. The third-order valence-electron chi connectivity index (χ3n) is 3.30. The molecule has 1 atom stereocenters. The molecule has 0 aromatic heterocycles. The maximum atomic E-state index is 12.6. The van der Waals surface area contributed by atoms with Gasteiger partial charge in [0.2, 0.25) is 0 Å². The van der Waals surface area contributed by atoms with Crippen LogP contribution in [-0.4, -0.2) is 27.3 Å². The molecule has 3 rings (SSSR count). The van der Waals surface area contributed by atoms with Crippen LogP contribution in [0, 0.1) is 0 Å². The lowest BCUT2D eigenvalue weighted by Crippen LogP contribution is -2.25. The van der Waals surface area contributed by atoms with Gasteiger partial charge in [0.15, 0.2) is 5.17 Å². The Labute approximate surface area is 123 Å². The number of benzene rings is 1. The average molecular weight is 287 g/mol. The fourth-order valence-electron chi connectivity index (χ4n) is 2.55. The van der Waals surface area contributed by atoms with E-state index in [4.69, 9.17) is 4.99 Å². The number of amides is 1. The molecule has 0 saturated carbocycles. The lowest BCUT2D eigenvalue weighted by atomic mass is 9.99. The molecule has 1 saturated heterocycles. The van der Waals surface area contributed by atoms with Crippen molar-refractivity contribution in [1.29, 1.82) is 0 Å². The first-order valence-corrected chi connectivity index (χ1v) is 7.54. The zero-order valence-electron chi connectivity index (χ0n) is 11.8. The van der Waals surface area contributed by atoms with E-state index in [9.17, 15) is 4.79 Å². The van der Waals surface area contributed by atoms with E-state index in [2.05, 4.69) is 18.9 Å². The van der Waals surface area contributed by atoms with Crippen LogP contribution in [0.2, 0.25) is 0 Å². The zero-order valence-corrected chi connectivity index (χ0v) is 12.6. The van der Waals surface area contributed by atoms with Crippen molar-refractivity contribution in [1.82, 2.24) is 5.01 Å². The molecule has 104 valence electrons. The molecule has 0 N–H and O–H groups in total. The van der Waals surface area contributed by atoms with Crippen LogP contribution in [0.5, 0.6) is 0 Å². The number of nitrogens with zero attached hydrogens (tertiary/aromatic N) is 3. The van der Waals surface area contributed by atoms with Gasteiger partial charge in [-0.05, 0) is 26.3 Å². The van der Waals surface area contributed by atoms with Gasteiger partial charge < -0.3 is 0 Å². The van der Waals surface area contributed by atoms with Gasteiger partial charge in [0, 0.05) is 12.1 Å². The number of hydrazone groups is 1. The highest BCUT2D eigenvalue weighted by atomic mass is 32.2. The minimum Gasteiger partial charge on any atom is -0.271 e. The molecule has 0 spiro atoms. The van der Waals surface area contributed by atoms with Gasteiger partial charge in [0.1, 0.15) is 5.25 Å². The second-order valence-corrected chi connectivity index (χ2v) is 6.85. The molecule has 2 heterocycles. The van der Waals surface area contributed by atoms with Crippen molar-refractivity contribution in [2.75, 3.05) is 0 Å². The number of hydrogen-bond donors (Lipinski definition) is 0. The van der Waals surface area contributed by atoms with Gasteiger partial charge in [0.25, 0.3) is 5.91 Å². The summed E-state index contributed by atoms with van der Waals surface area (Å²) in [5.74, 6) is -0.00278. The number of aliphatic imine (C=N–C) groups is 1. The fourth-order valence-corrected chi connectivity index (χ4v) is 3.78. The highest BCUT2D eigenvalue weighted by Gasteiger charge is 2.41. The largest absolute Gasteiger partial charge is 0.271 e. The molecular formula is C15H17N3OS. The molecule has 0 radical (unpaired) electrons. The van der Waals surface area contributed by atoms with Gasteiger partial charge >= 0.3 is 0 Å². The summed E-state index contributed by atoms with van der Waals surface area (Å²) in [5, 5.41) is 6.40. The van der Waals surface area contributed by atoms with Gasteiger partial charge in [-0.3, -0.25) is 9.79 Å².